The summed E-state index contributed by atoms with van der Waals surface area (Å²) in [5, 5.41) is 2.79. The Kier molecular flexibility index (Phi) is 3.44. The maximum Gasteiger partial charge on any atom is 0.270 e. The van der Waals surface area contributed by atoms with Crippen LogP contribution in [-0.4, -0.2) is 32.0 Å². The highest BCUT2D eigenvalue weighted by Gasteiger charge is 2.06. The van der Waals surface area contributed by atoms with Gasteiger partial charge in [-0.1, -0.05) is 0 Å². The van der Waals surface area contributed by atoms with E-state index < -0.39 is 0 Å². The van der Waals surface area contributed by atoms with Crippen LogP contribution in [-0.2, 0) is 6.54 Å². The first-order valence-electron chi connectivity index (χ1n) is 5.29. The number of nitrogens with one attached hydrogen (secondary N) is 1. The molecule has 2 aromatic heterocycles. The third-order valence-electron chi connectivity index (χ3n) is 2.22. The Morgan fingerprint density at radius 1 is 1.47 bits per heavy atom. The van der Waals surface area contributed by atoms with E-state index in [1.54, 1.807) is 31.7 Å². The van der Waals surface area contributed by atoms with Gasteiger partial charge in [0.25, 0.3) is 5.91 Å². The number of hydrogen-bond donors (Lipinski definition) is 1. The van der Waals surface area contributed by atoms with Crippen LogP contribution in [0.4, 0.5) is 0 Å². The molecule has 0 fully saturated rings. The van der Waals surface area contributed by atoms with Crippen LogP contribution in [0.25, 0.3) is 0 Å². The predicted octanol–water partition coefficient (Wildman–Crippen LogP) is 0.412. The normalized spacial score (nSPS) is 10.2. The van der Waals surface area contributed by atoms with E-state index >= 15 is 0 Å². The lowest BCUT2D eigenvalue weighted by molar-refractivity contribution is 0.0947. The van der Waals surface area contributed by atoms with Gasteiger partial charge in [0.15, 0.2) is 0 Å². The van der Waals surface area contributed by atoms with Crippen LogP contribution in [0.3, 0.4) is 0 Å². The summed E-state index contributed by atoms with van der Waals surface area (Å²) in [6, 6.07) is 1.60. The van der Waals surface area contributed by atoms with Gasteiger partial charge in [0, 0.05) is 31.7 Å². The molecule has 0 atom stereocenters. The molecule has 6 heteroatoms. The van der Waals surface area contributed by atoms with E-state index in [0.717, 1.165) is 0 Å². The number of rotatable bonds is 4. The number of carbonyl (C=O) groups is 1. The zero-order valence-corrected chi connectivity index (χ0v) is 9.50. The van der Waals surface area contributed by atoms with Crippen molar-refractivity contribution in [3.8, 4) is 0 Å². The van der Waals surface area contributed by atoms with E-state index in [-0.39, 0.29) is 5.91 Å². The number of imidazole rings is 1. The molecule has 0 saturated carbocycles. The lowest BCUT2D eigenvalue weighted by Gasteiger charge is -2.05. The van der Waals surface area contributed by atoms with E-state index in [4.69, 9.17) is 0 Å². The van der Waals surface area contributed by atoms with Crippen LogP contribution < -0.4 is 5.32 Å². The van der Waals surface area contributed by atoms with Crippen LogP contribution in [0.15, 0.2) is 31.0 Å². The average molecular weight is 231 g/mol. The van der Waals surface area contributed by atoms with Crippen molar-refractivity contribution in [2.75, 3.05) is 6.54 Å². The van der Waals surface area contributed by atoms with Gasteiger partial charge < -0.3 is 9.88 Å². The van der Waals surface area contributed by atoms with Gasteiger partial charge in [-0.3, -0.25) is 4.79 Å². The molecule has 88 valence electrons. The number of aryl methyl sites for hydroxylation is 1. The summed E-state index contributed by atoms with van der Waals surface area (Å²) in [6.45, 7) is 2.98. The molecule has 0 spiro atoms. The second-order valence-electron chi connectivity index (χ2n) is 3.55. The Morgan fingerprint density at radius 2 is 2.35 bits per heavy atom. The zero-order valence-electron chi connectivity index (χ0n) is 9.50. The molecule has 0 unspecified atom stereocenters. The van der Waals surface area contributed by atoms with Gasteiger partial charge in [0.05, 0.1) is 6.33 Å². The molecule has 0 bridgehead atoms. The highest BCUT2D eigenvalue weighted by molar-refractivity contribution is 5.92. The minimum Gasteiger partial charge on any atom is -0.349 e. The molecule has 0 aliphatic rings. The maximum absolute atomic E-state index is 11.7. The first kappa shape index (κ1) is 11.3. The molecule has 2 rings (SSSR count). The summed E-state index contributed by atoms with van der Waals surface area (Å²) in [5.74, 6) is 0.405. The molecular formula is C11H13N5O. The summed E-state index contributed by atoms with van der Waals surface area (Å²) in [7, 11) is 0. The number of carbonyl (C=O) groups excluding carboxylic acids is 1. The minimum atomic E-state index is -0.185. The Labute approximate surface area is 98.7 Å². The third kappa shape index (κ3) is 3.10. The van der Waals surface area contributed by atoms with Crippen LogP contribution >= 0.6 is 0 Å². The second-order valence-corrected chi connectivity index (χ2v) is 3.55. The molecule has 17 heavy (non-hydrogen) atoms. The fraction of sp³-hybridized carbons (Fsp3) is 0.273. The van der Waals surface area contributed by atoms with Crippen LogP contribution in [0.5, 0.6) is 0 Å². The quantitative estimate of drug-likeness (QED) is 0.827. The van der Waals surface area contributed by atoms with Gasteiger partial charge in [-0.2, -0.15) is 0 Å². The fourth-order valence-electron chi connectivity index (χ4n) is 1.39. The topological polar surface area (TPSA) is 72.7 Å². The Balaban J connectivity index is 1.85. The zero-order chi connectivity index (χ0) is 12.1. The summed E-state index contributed by atoms with van der Waals surface area (Å²) in [4.78, 5) is 23.6. The van der Waals surface area contributed by atoms with Crippen molar-refractivity contribution >= 4 is 5.91 Å². The van der Waals surface area contributed by atoms with E-state index in [1.165, 1.54) is 0 Å². The largest absolute Gasteiger partial charge is 0.349 e. The molecule has 6 nitrogen and oxygen atoms in total. The number of hydrogen-bond acceptors (Lipinski definition) is 4. The van der Waals surface area contributed by atoms with E-state index in [0.29, 0.717) is 24.6 Å². The monoisotopic (exact) mass is 231 g/mol. The molecule has 1 amide bonds. The average Bonchev–Trinajstić information content (AvgIpc) is 2.82. The number of amides is 1. The van der Waals surface area contributed by atoms with Crippen molar-refractivity contribution in [3.63, 3.8) is 0 Å². The molecule has 0 aliphatic carbocycles. The van der Waals surface area contributed by atoms with Crippen molar-refractivity contribution in [3.05, 3.63) is 42.5 Å². The Bertz CT molecular complexity index is 494. The lowest BCUT2D eigenvalue weighted by Crippen LogP contribution is -2.27. The standard InChI is InChI=1S/C11H13N5O/c1-9-13-3-2-10(15-9)11(17)14-5-7-16-6-4-12-8-16/h2-4,6,8H,5,7H2,1H3,(H,14,17). The predicted molar refractivity (Wildman–Crippen MR) is 61.3 cm³/mol. The molecule has 0 aliphatic heterocycles. The van der Waals surface area contributed by atoms with Crippen LogP contribution in [0, 0.1) is 6.92 Å². The SMILES string of the molecule is Cc1nccc(C(=O)NCCn2ccnc2)n1. The van der Waals surface area contributed by atoms with Crippen molar-refractivity contribution in [2.24, 2.45) is 0 Å². The van der Waals surface area contributed by atoms with E-state index in [1.807, 2.05) is 10.8 Å². The summed E-state index contributed by atoms with van der Waals surface area (Å²) in [5.41, 5.74) is 0.392. The van der Waals surface area contributed by atoms with Crippen molar-refractivity contribution in [1.82, 2.24) is 24.8 Å². The molecule has 1 N–H and O–H groups in total. The van der Waals surface area contributed by atoms with E-state index in [2.05, 4.69) is 20.3 Å². The summed E-state index contributed by atoms with van der Waals surface area (Å²) >= 11 is 0. The minimum absolute atomic E-state index is 0.185. The van der Waals surface area contributed by atoms with Crippen molar-refractivity contribution in [1.29, 1.82) is 0 Å². The van der Waals surface area contributed by atoms with Gasteiger partial charge in [0.2, 0.25) is 0 Å². The summed E-state index contributed by atoms with van der Waals surface area (Å²) < 4.78 is 1.89. The highest BCUT2D eigenvalue weighted by atomic mass is 16.1. The first-order chi connectivity index (χ1) is 8.25. The summed E-state index contributed by atoms with van der Waals surface area (Å²) in [6.07, 6.45) is 6.84. The van der Waals surface area contributed by atoms with E-state index in [9.17, 15) is 4.79 Å². The number of aromatic nitrogens is 4. The van der Waals surface area contributed by atoms with Gasteiger partial charge in [0.1, 0.15) is 11.5 Å². The van der Waals surface area contributed by atoms with Gasteiger partial charge >= 0.3 is 0 Å². The van der Waals surface area contributed by atoms with Crippen LogP contribution in [0.2, 0.25) is 0 Å². The maximum atomic E-state index is 11.7. The first-order valence-corrected chi connectivity index (χ1v) is 5.29. The van der Waals surface area contributed by atoms with Gasteiger partial charge in [-0.05, 0) is 13.0 Å². The third-order valence-corrected chi connectivity index (χ3v) is 2.22. The second kappa shape index (κ2) is 5.20. The van der Waals surface area contributed by atoms with Gasteiger partial charge in [-0.15, -0.1) is 0 Å². The van der Waals surface area contributed by atoms with Gasteiger partial charge in [-0.25, -0.2) is 15.0 Å². The van der Waals surface area contributed by atoms with Crippen molar-refractivity contribution in [2.45, 2.75) is 13.5 Å². The molecule has 2 aromatic rings. The fourth-order valence-corrected chi connectivity index (χ4v) is 1.39. The lowest BCUT2D eigenvalue weighted by atomic mass is 10.3. The highest BCUT2D eigenvalue weighted by Crippen LogP contribution is 1.94. The number of nitrogens with zero attached hydrogens (tertiary/aromatic N) is 4. The molecule has 0 radical (unpaired) electrons. The Morgan fingerprint density at radius 3 is 3.06 bits per heavy atom. The molecule has 0 saturated heterocycles. The van der Waals surface area contributed by atoms with Crippen molar-refractivity contribution < 1.29 is 4.79 Å². The molecule has 2 heterocycles. The molecular weight excluding hydrogens is 218 g/mol. The molecule has 0 aromatic carbocycles. The smallest absolute Gasteiger partial charge is 0.270 e. The Hall–Kier alpha value is -2.24. The van der Waals surface area contributed by atoms with Crippen LogP contribution in [0.1, 0.15) is 16.3 Å².